The van der Waals surface area contributed by atoms with Crippen molar-refractivity contribution in [2.45, 2.75) is 0 Å². The number of nitro groups is 1. The first-order chi connectivity index (χ1) is 13.5. The normalized spacial score (nSPS) is 14.8. The van der Waals surface area contributed by atoms with Gasteiger partial charge >= 0.3 is 5.97 Å². The van der Waals surface area contributed by atoms with E-state index in [2.05, 4.69) is 4.99 Å². The van der Waals surface area contributed by atoms with Crippen LogP contribution in [0.3, 0.4) is 0 Å². The predicted octanol–water partition coefficient (Wildman–Crippen LogP) is 4.85. The van der Waals surface area contributed by atoms with Crippen LogP contribution in [0.5, 0.6) is 0 Å². The Morgan fingerprint density at radius 3 is 2.57 bits per heavy atom. The largest absolute Gasteiger partial charge is 0.457 e. The van der Waals surface area contributed by atoms with Crippen molar-refractivity contribution in [3.05, 3.63) is 92.8 Å². The molecule has 1 aliphatic heterocycles. The third kappa shape index (κ3) is 3.56. The molecular weight excluding hydrogens is 384 g/mol. The lowest BCUT2D eigenvalue weighted by atomic mass is 10.1. The zero-order chi connectivity index (χ0) is 19.7. The number of hydrogen-bond donors (Lipinski definition) is 0. The number of nitrogens with zero attached hydrogens (tertiary/aromatic N) is 2. The van der Waals surface area contributed by atoms with Crippen molar-refractivity contribution in [2.24, 2.45) is 4.99 Å². The van der Waals surface area contributed by atoms with E-state index in [0.717, 1.165) is 0 Å². The van der Waals surface area contributed by atoms with Crippen molar-refractivity contribution in [3.63, 3.8) is 0 Å². The number of furan rings is 1. The average Bonchev–Trinajstić information content (AvgIpc) is 3.30. The van der Waals surface area contributed by atoms with Gasteiger partial charge in [0, 0.05) is 34.4 Å². The predicted molar refractivity (Wildman–Crippen MR) is 103 cm³/mol. The summed E-state index contributed by atoms with van der Waals surface area (Å²) >= 11 is 5.85. The third-order valence-corrected chi connectivity index (χ3v) is 4.21. The van der Waals surface area contributed by atoms with Crippen LogP contribution in [0.15, 0.2) is 75.8 Å². The lowest BCUT2D eigenvalue weighted by Crippen LogP contribution is -2.05. The Hall–Kier alpha value is -3.71. The lowest BCUT2D eigenvalue weighted by molar-refractivity contribution is -0.384. The summed E-state index contributed by atoms with van der Waals surface area (Å²) < 4.78 is 10.9. The summed E-state index contributed by atoms with van der Waals surface area (Å²) in [5.74, 6) is 0.384. The van der Waals surface area contributed by atoms with Crippen molar-refractivity contribution in [2.75, 3.05) is 0 Å². The van der Waals surface area contributed by atoms with Gasteiger partial charge in [-0.05, 0) is 36.4 Å². The van der Waals surface area contributed by atoms with Crippen molar-refractivity contribution < 1.29 is 18.9 Å². The molecular formula is C20H11ClN2O5. The maximum absolute atomic E-state index is 12.1. The highest BCUT2D eigenvalue weighted by Gasteiger charge is 2.24. The highest BCUT2D eigenvalue weighted by atomic mass is 35.5. The lowest BCUT2D eigenvalue weighted by Gasteiger charge is -1.98. The van der Waals surface area contributed by atoms with Crippen LogP contribution in [0.4, 0.5) is 5.69 Å². The molecule has 0 atom stereocenters. The number of halogens is 1. The van der Waals surface area contributed by atoms with Crippen LogP contribution in [0.2, 0.25) is 5.02 Å². The number of carbonyl (C=O) groups excluding carboxylic acids is 1. The van der Waals surface area contributed by atoms with Crippen molar-refractivity contribution in [3.8, 4) is 11.3 Å². The summed E-state index contributed by atoms with van der Waals surface area (Å²) in [6.07, 6.45) is 1.45. The molecule has 7 nitrogen and oxygen atoms in total. The molecule has 0 fully saturated rings. The second kappa shape index (κ2) is 7.13. The summed E-state index contributed by atoms with van der Waals surface area (Å²) in [6, 6.07) is 16.1. The molecule has 2 heterocycles. The number of rotatable bonds is 4. The maximum Gasteiger partial charge on any atom is 0.363 e. The zero-order valence-electron chi connectivity index (χ0n) is 14.2. The van der Waals surface area contributed by atoms with E-state index in [1.165, 1.54) is 18.2 Å². The van der Waals surface area contributed by atoms with Gasteiger partial charge < -0.3 is 9.15 Å². The molecule has 1 aromatic heterocycles. The first-order valence-corrected chi connectivity index (χ1v) is 8.50. The van der Waals surface area contributed by atoms with E-state index in [1.54, 1.807) is 48.5 Å². The molecule has 0 N–H and O–H groups in total. The third-order valence-electron chi connectivity index (χ3n) is 3.96. The minimum atomic E-state index is -0.599. The number of hydrogen-bond acceptors (Lipinski definition) is 6. The van der Waals surface area contributed by atoms with Crippen molar-refractivity contribution >= 4 is 35.2 Å². The Kier molecular flexibility index (Phi) is 4.50. The van der Waals surface area contributed by atoms with Crippen molar-refractivity contribution in [1.82, 2.24) is 0 Å². The Morgan fingerprint density at radius 2 is 1.82 bits per heavy atom. The van der Waals surface area contributed by atoms with Crippen molar-refractivity contribution in [1.29, 1.82) is 0 Å². The topological polar surface area (TPSA) is 94.9 Å². The summed E-state index contributed by atoms with van der Waals surface area (Å²) in [6.45, 7) is 0. The summed E-state index contributed by atoms with van der Waals surface area (Å²) in [4.78, 5) is 26.7. The molecule has 0 amide bonds. The highest BCUT2D eigenvalue weighted by molar-refractivity contribution is 6.30. The fourth-order valence-electron chi connectivity index (χ4n) is 2.62. The fraction of sp³-hybridized carbons (Fsp3) is 0. The first-order valence-electron chi connectivity index (χ1n) is 8.13. The van der Waals surface area contributed by atoms with Gasteiger partial charge in [-0.15, -0.1) is 0 Å². The quantitative estimate of drug-likeness (QED) is 0.273. The second-order valence-electron chi connectivity index (χ2n) is 5.85. The molecule has 0 unspecified atom stereocenters. The van der Waals surface area contributed by atoms with Gasteiger partial charge in [0.15, 0.2) is 5.70 Å². The van der Waals surface area contributed by atoms with Crippen LogP contribution in [0.25, 0.3) is 17.4 Å². The van der Waals surface area contributed by atoms with Crippen LogP contribution in [-0.4, -0.2) is 16.8 Å². The number of aliphatic imine (C=N–C) groups is 1. The van der Waals surface area contributed by atoms with Crippen LogP contribution < -0.4 is 0 Å². The number of ether oxygens (including phenoxy) is 1. The van der Waals surface area contributed by atoms with Crippen LogP contribution in [0.1, 0.15) is 11.3 Å². The SMILES string of the molecule is O=C1OC(c2ccc(Cl)cc2)=NC1=Cc1ccc(-c2cccc([N+](=O)[O-])c2)o1. The summed E-state index contributed by atoms with van der Waals surface area (Å²) in [5.41, 5.74) is 1.23. The molecule has 0 radical (unpaired) electrons. The molecule has 0 aliphatic carbocycles. The van der Waals surface area contributed by atoms with E-state index in [-0.39, 0.29) is 17.3 Å². The molecule has 2 aromatic carbocycles. The Morgan fingerprint density at radius 1 is 1.04 bits per heavy atom. The molecule has 4 rings (SSSR count). The van der Waals surface area contributed by atoms with Gasteiger partial charge in [0.2, 0.25) is 5.90 Å². The Labute approximate surface area is 163 Å². The summed E-state index contributed by atoms with van der Waals surface area (Å²) in [5, 5.41) is 11.5. The number of cyclic esters (lactones) is 1. The highest BCUT2D eigenvalue weighted by Crippen LogP contribution is 2.27. The van der Waals surface area contributed by atoms with Gasteiger partial charge in [0.25, 0.3) is 5.69 Å². The van der Waals surface area contributed by atoms with Crippen LogP contribution in [0, 0.1) is 10.1 Å². The van der Waals surface area contributed by atoms with E-state index in [0.29, 0.717) is 27.7 Å². The monoisotopic (exact) mass is 394 g/mol. The average molecular weight is 395 g/mol. The number of esters is 1. The van der Waals surface area contributed by atoms with E-state index in [4.69, 9.17) is 20.8 Å². The zero-order valence-corrected chi connectivity index (χ0v) is 14.9. The van der Waals surface area contributed by atoms with E-state index in [9.17, 15) is 14.9 Å². The van der Waals surface area contributed by atoms with Gasteiger partial charge in [-0.1, -0.05) is 23.7 Å². The molecule has 138 valence electrons. The number of benzene rings is 2. The van der Waals surface area contributed by atoms with Gasteiger partial charge in [-0.25, -0.2) is 9.79 Å². The van der Waals surface area contributed by atoms with Gasteiger partial charge in [-0.2, -0.15) is 0 Å². The van der Waals surface area contributed by atoms with Crippen LogP contribution in [-0.2, 0) is 9.53 Å². The molecule has 0 bridgehead atoms. The summed E-state index contributed by atoms with van der Waals surface area (Å²) in [7, 11) is 0. The van der Waals surface area contributed by atoms with Crippen LogP contribution >= 0.6 is 11.6 Å². The first kappa shape index (κ1) is 17.7. The minimum absolute atomic E-state index is 0.0367. The Balaban J connectivity index is 1.61. The maximum atomic E-state index is 12.1. The standard InChI is InChI=1S/C20H11ClN2O5/c21-14-6-4-12(5-7-14)19-22-17(20(24)28-19)11-16-8-9-18(27-16)13-2-1-3-15(10-13)23(25)26/h1-11H. The Bertz CT molecular complexity index is 1150. The molecule has 0 saturated carbocycles. The number of non-ortho nitro benzene ring substituents is 1. The van der Waals surface area contributed by atoms with Gasteiger partial charge in [0.1, 0.15) is 11.5 Å². The molecule has 8 heteroatoms. The molecule has 28 heavy (non-hydrogen) atoms. The van der Waals surface area contributed by atoms with Gasteiger partial charge in [-0.3, -0.25) is 10.1 Å². The van der Waals surface area contributed by atoms with Gasteiger partial charge in [0.05, 0.1) is 4.92 Å². The van der Waals surface area contributed by atoms with E-state index in [1.807, 2.05) is 0 Å². The minimum Gasteiger partial charge on any atom is -0.457 e. The molecule has 1 aliphatic rings. The second-order valence-corrected chi connectivity index (χ2v) is 6.29. The number of nitro benzene ring substituents is 1. The fourth-order valence-corrected chi connectivity index (χ4v) is 2.74. The van der Waals surface area contributed by atoms with E-state index < -0.39 is 10.9 Å². The molecule has 0 saturated heterocycles. The molecule has 3 aromatic rings. The number of carbonyl (C=O) groups is 1. The smallest absolute Gasteiger partial charge is 0.363 e. The molecule has 0 spiro atoms. The van der Waals surface area contributed by atoms with E-state index >= 15 is 0 Å².